The van der Waals surface area contributed by atoms with E-state index in [0.29, 0.717) is 17.3 Å². The van der Waals surface area contributed by atoms with Gasteiger partial charge in [0, 0.05) is 36.3 Å². The molecule has 1 heterocycles. The van der Waals surface area contributed by atoms with Crippen LogP contribution in [0.5, 0.6) is 0 Å². The van der Waals surface area contributed by atoms with Gasteiger partial charge < -0.3 is 10.2 Å². The molecule has 0 bridgehead atoms. The molecule has 2 aromatic carbocycles. The summed E-state index contributed by atoms with van der Waals surface area (Å²) in [5, 5.41) is 3.37. The van der Waals surface area contributed by atoms with Gasteiger partial charge in [0.15, 0.2) is 0 Å². The van der Waals surface area contributed by atoms with Crippen molar-refractivity contribution in [3.63, 3.8) is 0 Å². The monoisotopic (exact) mass is 447 g/mol. The van der Waals surface area contributed by atoms with E-state index in [1.54, 1.807) is 41.3 Å². The summed E-state index contributed by atoms with van der Waals surface area (Å²) in [6, 6.07) is 13.5. The Morgan fingerprint density at radius 3 is 2.53 bits per heavy atom. The standard InChI is InChI=1S/C21H22ClN3O4S/c22-16-2-1-3-18(11-16)25-13-15(10-20(25)26)21(27)23-12-14-4-8-19(9-5-14)30(28,29)24-17-6-7-17/h1-5,8-9,11,15,17,24H,6-7,10,12-13H2,(H,23,27). The van der Waals surface area contributed by atoms with Gasteiger partial charge in [-0.25, -0.2) is 13.1 Å². The number of carbonyl (C=O) groups is 2. The summed E-state index contributed by atoms with van der Waals surface area (Å²) in [4.78, 5) is 26.7. The molecule has 0 radical (unpaired) electrons. The van der Waals surface area contributed by atoms with E-state index in [9.17, 15) is 18.0 Å². The molecular weight excluding hydrogens is 426 g/mol. The number of hydrogen-bond acceptors (Lipinski definition) is 4. The number of benzene rings is 2. The molecule has 30 heavy (non-hydrogen) atoms. The molecule has 2 amide bonds. The average molecular weight is 448 g/mol. The van der Waals surface area contributed by atoms with Crippen molar-refractivity contribution in [3.05, 3.63) is 59.1 Å². The predicted octanol–water partition coefficient (Wildman–Crippen LogP) is 2.45. The lowest BCUT2D eigenvalue weighted by molar-refractivity contribution is -0.126. The second-order valence-electron chi connectivity index (χ2n) is 7.64. The minimum absolute atomic E-state index is 0.0505. The number of amides is 2. The zero-order valence-corrected chi connectivity index (χ0v) is 17.7. The highest BCUT2D eigenvalue weighted by molar-refractivity contribution is 7.89. The predicted molar refractivity (Wildman–Crippen MR) is 114 cm³/mol. The molecule has 4 rings (SSSR count). The Morgan fingerprint density at radius 1 is 1.13 bits per heavy atom. The Morgan fingerprint density at radius 2 is 1.87 bits per heavy atom. The van der Waals surface area contributed by atoms with Crippen LogP contribution in [-0.4, -0.2) is 32.8 Å². The van der Waals surface area contributed by atoms with Gasteiger partial charge in [-0.15, -0.1) is 0 Å². The third-order valence-electron chi connectivity index (χ3n) is 5.22. The van der Waals surface area contributed by atoms with Gasteiger partial charge >= 0.3 is 0 Å². The Balaban J connectivity index is 1.33. The molecule has 158 valence electrons. The average Bonchev–Trinajstić information content (AvgIpc) is 3.43. The quantitative estimate of drug-likeness (QED) is 0.681. The van der Waals surface area contributed by atoms with Crippen LogP contribution in [-0.2, 0) is 26.2 Å². The van der Waals surface area contributed by atoms with Crippen LogP contribution < -0.4 is 14.9 Å². The van der Waals surface area contributed by atoms with Crippen LogP contribution in [0.15, 0.2) is 53.4 Å². The molecule has 1 atom stereocenters. The third-order valence-corrected chi connectivity index (χ3v) is 6.99. The van der Waals surface area contributed by atoms with Gasteiger partial charge in [-0.3, -0.25) is 9.59 Å². The summed E-state index contributed by atoms with van der Waals surface area (Å²) in [5.41, 5.74) is 1.46. The van der Waals surface area contributed by atoms with E-state index < -0.39 is 15.9 Å². The molecular formula is C21H22ClN3O4S. The molecule has 1 aliphatic heterocycles. The Bertz CT molecular complexity index is 1070. The number of anilines is 1. The van der Waals surface area contributed by atoms with E-state index in [4.69, 9.17) is 11.6 Å². The second-order valence-corrected chi connectivity index (χ2v) is 9.79. The zero-order valence-electron chi connectivity index (χ0n) is 16.2. The number of nitrogens with one attached hydrogen (secondary N) is 2. The van der Waals surface area contributed by atoms with Crippen LogP contribution in [0.2, 0.25) is 5.02 Å². The van der Waals surface area contributed by atoms with Gasteiger partial charge in [0.25, 0.3) is 0 Å². The molecule has 2 N–H and O–H groups in total. The van der Waals surface area contributed by atoms with Crippen LogP contribution in [0, 0.1) is 5.92 Å². The molecule has 2 fully saturated rings. The van der Waals surface area contributed by atoms with Crippen molar-refractivity contribution in [3.8, 4) is 0 Å². The second kappa shape index (κ2) is 8.37. The van der Waals surface area contributed by atoms with E-state index in [2.05, 4.69) is 10.0 Å². The minimum atomic E-state index is -3.49. The number of hydrogen-bond donors (Lipinski definition) is 2. The number of rotatable bonds is 7. The summed E-state index contributed by atoms with van der Waals surface area (Å²) >= 11 is 6.00. The molecule has 1 aliphatic carbocycles. The summed E-state index contributed by atoms with van der Waals surface area (Å²) in [6.45, 7) is 0.562. The van der Waals surface area contributed by atoms with Crippen molar-refractivity contribution in [1.82, 2.24) is 10.0 Å². The van der Waals surface area contributed by atoms with Gasteiger partial charge in [-0.05, 0) is 48.7 Å². The van der Waals surface area contributed by atoms with Gasteiger partial charge in [0.2, 0.25) is 21.8 Å². The lowest BCUT2D eigenvalue weighted by Crippen LogP contribution is -2.32. The first-order chi connectivity index (χ1) is 14.3. The fourth-order valence-electron chi connectivity index (χ4n) is 3.39. The molecule has 0 aromatic heterocycles. The maximum Gasteiger partial charge on any atom is 0.240 e. The topological polar surface area (TPSA) is 95.6 Å². The lowest BCUT2D eigenvalue weighted by Gasteiger charge is -2.17. The molecule has 7 nitrogen and oxygen atoms in total. The fraction of sp³-hybridized carbons (Fsp3) is 0.333. The van der Waals surface area contributed by atoms with Gasteiger partial charge in [0.05, 0.1) is 10.8 Å². The molecule has 2 aromatic rings. The van der Waals surface area contributed by atoms with E-state index in [0.717, 1.165) is 18.4 Å². The summed E-state index contributed by atoms with van der Waals surface area (Å²) < 4.78 is 27.1. The SMILES string of the molecule is O=C(NCc1ccc(S(=O)(=O)NC2CC2)cc1)C1CC(=O)N(c2cccc(Cl)c2)C1. The summed E-state index contributed by atoms with van der Waals surface area (Å²) in [6.07, 6.45) is 1.89. The third kappa shape index (κ3) is 4.83. The molecule has 1 saturated heterocycles. The first-order valence-electron chi connectivity index (χ1n) is 9.77. The Kier molecular flexibility index (Phi) is 5.81. The van der Waals surface area contributed by atoms with Crippen molar-refractivity contribution >= 4 is 39.1 Å². The van der Waals surface area contributed by atoms with Crippen molar-refractivity contribution < 1.29 is 18.0 Å². The number of nitrogens with zero attached hydrogens (tertiary/aromatic N) is 1. The molecule has 1 unspecified atom stereocenters. The van der Waals surface area contributed by atoms with Crippen LogP contribution in [0.1, 0.15) is 24.8 Å². The number of sulfonamides is 1. The van der Waals surface area contributed by atoms with E-state index in [1.165, 1.54) is 12.1 Å². The fourth-order valence-corrected chi connectivity index (χ4v) is 4.87. The summed E-state index contributed by atoms with van der Waals surface area (Å²) in [5.74, 6) is -0.769. The normalized spacial score (nSPS) is 19.2. The van der Waals surface area contributed by atoms with Crippen LogP contribution in [0.25, 0.3) is 0 Å². The molecule has 0 spiro atoms. The van der Waals surface area contributed by atoms with Crippen molar-refractivity contribution in [2.75, 3.05) is 11.4 Å². The van der Waals surface area contributed by atoms with Gasteiger partial charge in [0.1, 0.15) is 0 Å². The Hall–Kier alpha value is -2.42. The largest absolute Gasteiger partial charge is 0.352 e. The maximum absolute atomic E-state index is 12.5. The van der Waals surface area contributed by atoms with E-state index in [-0.39, 0.29) is 35.7 Å². The first-order valence-corrected chi connectivity index (χ1v) is 11.6. The highest BCUT2D eigenvalue weighted by Gasteiger charge is 2.35. The minimum Gasteiger partial charge on any atom is -0.352 e. The number of halogens is 1. The highest BCUT2D eigenvalue weighted by Crippen LogP contribution is 2.27. The zero-order chi connectivity index (χ0) is 21.3. The lowest BCUT2D eigenvalue weighted by atomic mass is 10.1. The van der Waals surface area contributed by atoms with Gasteiger partial charge in [-0.1, -0.05) is 29.8 Å². The molecule has 9 heteroatoms. The smallest absolute Gasteiger partial charge is 0.240 e. The van der Waals surface area contributed by atoms with Gasteiger partial charge in [-0.2, -0.15) is 0 Å². The Labute approximate surface area is 180 Å². The van der Waals surface area contributed by atoms with E-state index >= 15 is 0 Å². The summed E-state index contributed by atoms with van der Waals surface area (Å²) in [7, 11) is -3.49. The molecule has 2 aliphatic rings. The van der Waals surface area contributed by atoms with Crippen LogP contribution >= 0.6 is 11.6 Å². The molecule has 1 saturated carbocycles. The number of carbonyl (C=O) groups excluding carboxylic acids is 2. The van der Waals surface area contributed by atoms with Crippen molar-refractivity contribution in [1.29, 1.82) is 0 Å². The highest BCUT2D eigenvalue weighted by atomic mass is 35.5. The van der Waals surface area contributed by atoms with E-state index in [1.807, 2.05) is 0 Å². The van der Waals surface area contributed by atoms with Crippen LogP contribution in [0.4, 0.5) is 5.69 Å². The van der Waals surface area contributed by atoms with Crippen LogP contribution in [0.3, 0.4) is 0 Å². The van der Waals surface area contributed by atoms with Crippen molar-refractivity contribution in [2.45, 2.75) is 36.7 Å². The first kappa shape index (κ1) is 20.8. The maximum atomic E-state index is 12.5. The van der Waals surface area contributed by atoms with Crippen molar-refractivity contribution in [2.24, 2.45) is 5.92 Å².